The van der Waals surface area contributed by atoms with Crippen LogP contribution in [0.5, 0.6) is 0 Å². The van der Waals surface area contributed by atoms with Gasteiger partial charge in [-0.25, -0.2) is 0 Å². The van der Waals surface area contributed by atoms with Crippen LogP contribution in [0.15, 0.2) is 0 Å². The van der Waals surface area contributed by atoms with Gasteiger partial charge in [-0.05, 0) is 15.9 Å². The molecule has 0 saturated heterocycles. The Morgan fingerprint density at radius 1 is 0.857 bits per heavy atom. The Morgan fingerprint density at radius 2 is 1.29 bits per heavy atom. The van der Waals surface area contributed by atoms with Crippen LogP contribution in [-0.2, 0) is 4.43 Å². The van der Waals surface area contributed by atoms with Crippen LogP contribution in [0.1, 0.15) is 55.4 Å². The van der Waals surface area contributed by atoms with E-state index in [1.807, 2.05) is 0 Å². The van der Waals surface area contributed by atoms with Gasteiger partial charge in [0.15, 0.2) is 9.76 Å². The molecule has 0 heterocycles. The van der Waals surface area contributed by atoms with Gasteiger partial charge in [-0.3, -0.25) is 0 Å². The molecule has 0 aliphatic rings. The van der Waals surface area contributed by atoms with E-state index in [1.54, 1.807) is 0 Å². The first-order chi connectivity index (χ1) is 5.96. The largest absolute Gasteiger partial charge is 0.423 e. The number of hydrogen-bond donors (Lipinski definition) is 0. The Bertz CT molecular complexity index is 172. The minimum atomic E-state index is -0.445. The van der Waals surface area contributed by atoms with Crippen molar-refractivity contribution in [3.05, 3.63) is 0 Å². The zero-order chi connectivity index (χ0) is 11.6. The zero-order valence-corrected chi connectivity index (χ0v) is 12.7. The molecule has 14 heavy (non-hydrogen) atoms. The Kier molecular flexibility index (Phi) is 4.41. The molecule has 0 saturated carbocycles. The Hall–Kier alpha value is 0.177. The van der Waals surface area contributed by atoms with Gasteiger partial charge in [0, 0.05) is 6.61 Å². The van der Waals surface area contributed by atoms with Gasteiger partial charge in [0.05, 0.1) is 0 Å². The summed E-state index contributed by atoms with van der Waals surface area (Å²) in [4.78, 5) is 0. The predicted octanol–water partition coefficient (Wildman–Crippen LogP) is 3.38. The molecule has 0 N–H and O–H groups in total. The van der Waals surface area contributed by atoms with Gasteiger partial charge in [0.1, 0.15) is 0 Å². The zero-order valence-electron chi connectivity index (χ0n) is 11.3. The summed E-state index contributed by atoms with van der Waals surface area (Å²) in [5, 5.41) is 0.373. The van der Waals surface area contributed by atoms with Gasteiger partial charge in [-0.2, -0.15) is 0 Å². The van der Waals surface area contributed by atoms with E-state index in [2.05, 4.69) is 55.4 Å². The van der Waals surface area contributed by atoms with Crippen LogP contribution < -0.4 is 0 Å². The second-order valence-electron chi connectivity index (χ2n) is 7.19. The number of hydrogen-bond acceptors (Lipinski definition) is 1. The molecule has 1 nitrogen and oxygen atoms in total. The second-order valence-corrected chi connectivity index (χ2v) is 9.65. The van der Waals surface area contributed by atoms with Crippen molar-refractivity contribution >= 4 is 9.76 Å². The fourth-order valence-corrected chi connectivity index (χ4v) is 2.49. The first-order valence-corrected chi connectivity index (χ1v) is 6.82. The smallest absolute Gasteiger partial charge is 0.167 e. The third kappa shape index (κ3) is 5.16. The third-order valence-corrected chi connectivity index (χ3v) is 5.22. The highest BCUT2D eigenvalue weighted by Crippen LogP contribution is 2.43. The van der Waals surface area contributed by atoms with Crippen molar-refractivity contribution in [3.8, 4) is 0 Å². The van der Waals surface area contributed by atoms with Crippen LogP contribution in [0.25, 0.3) is 0 Å². The van der Waals surface area contributed by atoms with Crippen molar-refractivity contribution in [1.82, 2.24) is 0 Å². The molecule has 0 aromatic heterocycles. The van der Waals surface area contributed by atoms with E-state index in [0.29, 0.717) is 15.9 Å². The van der Waals surface area contributed by atoms with Gasteiger partial charge in [-0.15, -0.1) is 0 Å². The van der Waals surface area contributed by atoms with E-state index in [0.717, 1.165) is 6.61 Å². The van der Waals surface area contributed by atoms with Crippen molar-refractivity contribution < 1.29 is 4.43 Å². The van der Waals surface area contributed by atoms with Gasteiger partial charge < -0.3 is 4.43 Å². The van der Waals surface area contributed by atoms with E-state index in [9.17, 15) is 0 Å². The quantitative estimate of drug-likeness (QED) is 0.657. The highest BCUT2D eigenvalue weighted by molar-refractivity contribution is 6.32. The Morgan fingerprint density at radius 3 is 1.57 bits per heavy atom. The molecule has 0 spiro atoms. The summed E-state index contributed by atoms with van der Waals surface area (Å²) in [5.41, 5.74) is 0.665. The SMILES string of the molecule is CC(C)(C)CO[SiH2]C(C)(C)C(C)(C)C. The van der Waals surface area contributed by atoms with Crippen LogP contribution in [-0.4, -0.2) is 16.4 Å². The molecule has 0 radical (unpaired) electrons. The molecule has 0 aromatic carbocycles. The molecule has 0 unspecified atom stereocenters. The molecule has 0 rings (SSSR count). The molecule has 2 heteroatoms. The lowest BCUT2D eigenvalue weighted by Crippen LogP contribution is -2.32. The summed E-state index contributed by atoms with van der Waals surface area (Å²) >= 11 is 0. The molecule has 0 aromatic rings. The maximum atomic E-state index is 5.93. The monoisotopic (exact) mass is 216 g/mol. The van der Waals surface area contributed by atoms with Crippen molar-refractivity contribution in [2.24, 2.45) is 10.8 Å². The summed E-state index contributed by atoms with van der Waals surface area (Å²) in [6, 6.07) is 0. The fourth-order valence-electron chi connectivity index (χ4n) is 0.829. The molecule has 86 valence electrons. The maximum Gasteiger partial charge on any atom is 0.167 e. The molecular weight excluding hydrogens is 188 g/mol. The molecule has 0 aliphatic heterocycles. The number of rotatable bonds is 3. The molecule has 0 aliphatic carbocycles. The highest BCUT2D eigenvalue weighted by Gasteiger charge is 2.33. The van der Waals surface area contributed by atoms with Gasteiger partial charge in [-0.1, -0.05) is 55.4 Å². The average Bonchev–Trinajstić information content (AvgIpc) is 1.80. The Labute approximate surface area is 92.6 Å². The van der Waals surface area contributed by atoms with E-state index in [-0.39, 0.29) is 0 Å². The van der Waals surface area contributed by atoms with Crippen molar-refractivity contribution in [1.29, 1.82) is 0 Å². The van der Waals surface area contributed by atoms with E-state index in [1.165, 1.54) is 0 Å². The normalized spacial score (nSPS) is 15.4. The molecule has 0 amide bonds. The summed E-state index contributed by atoms with van der Waals surface area (Å²) in [5.74, 6) is 0. The second kappa shape index (κ2) is 4.36. The molecule has 0 atom stereocenters. The van der Waals surface area contributed by atoms with Crippen molar-refractivity contribution in [2.75, 3.05) is 6.61 Å². The van der Waals surface area contributed by atoms with Crippen molar-refractivity contribution in [3.63, 3.8) is 0 Å². The highest BCUT2D eigenvalue weighted by atomic mass is 28.2. The lowest BCUT2D eigenvalue weighted by atomic mass is 9.82. The fraction of sp³-hybridized carbons (Fsp3) is 1.00. The molecular formula is C12H28OSi. The van der Waals surface area contributed by atoms with Crippen molar-refractivity contribution in [2.45, 2.75) is 60.4 Å². The summed E-state index contributed by atoms with van der Waals surface area (Å²) < 4.78 is 5.93. The van der Waals surface area contributed by atoms with E-state index in [4.69, 9.17) is 4.43 Å². The summed E-state index contributed by atoms with van der Waals surface area (Å²) in [7, 11) is -0.445. The van der Waals surface area contributed by atoms with Gasteiger partial charge in [0.25, 0.3) is 0 Å². The van der Waals surface area contributed by atoms with Crippen LogP contribution >= 0.6 is 0 Å². The third-order valence-electron chi connectivity index (χ3n) is 3.03. The first kappa shape index (κ1) is 14.2. The standard InChI is InChI=1S/C12H28OSi/c1-10(2,3)9-13-14-12(7,8)11(4,5)6/h9,14H2,1-8H3. The van der Waals surface area contributed by atoms with E-state index < -0.39 is 9.76 Å². The van der Waals surface area contributed by atoms with Crippen LogP contribution in [0.3, 0.4) is 0 Å². The molecule has 0 fully saturated rings. The van der Waals surface area contributed by atoms with Gasteiger partial charge >= 0.3 is 0 Å². The lowest BCUT2D eigenvalue weighted by molar-refractivity contribution is 0.181. The van der Waals surface area contributed by atoms with E-state index >= 15 is 0 Å². The van der Waals surface area contributed by atoms with Gasteiger partial charge in [0.2, 0.25) is 0 Å². The van der Waals surface area contributed by atoms with Crippen LogP contribution in [0, 0.1) is 10.8 Å². The average molecular weight is 216 g/mol. The first-order valence-electron chi connectivity index (χ1n) is 5.53. The Balaban J connectivity index is 4.02. The lowest BCUT2D eigenvalue weighted by Gasteiger charge is -2.38. The summed E-state index contributed by atoms with van der Waals surface area (Å²) in [6.07, 6.45) is 0. The molecule has 0 bridgehead atoms. The topological polar surface area (TPSA) is 9.23 Å². The van der Waals surface area contributed by atoms with Crippen LogP contribution in [0.4, 0.5) is 0 Å². The minimum absolute atomic E-state index is 0.307. The predicted molar refractivity (Wildman–Crippen MR) is 67.4 cm³/mol. The minimum Gasteiger partial charge on any atom is -0.423 e. The summed E-state index contributed by atoms with van der Waals surface area (Å²) in [6.45, 7) is 19.2. The maximum absolute atomic E-state index is 5.93. The van der Waals surface area contributed by atoms with Crippen LogP contribution in [0.2, 0.25) is 5.04 Å².